The van der Waals surface area contributed by atoms with Crippen molar-refractivity contribution in [1.29, 1.82) is 0 Å². The summed E-state index contributed by atoms with van der Waals surface area (Å²) < 4.78 is 4.88. The number of hydrogen-bond acceptors (Lipinski definition) is 3. The van der Waals surface area contributed by atoms with Crippen molar-refractivity contribution in [3.8, 4) is 11.4 Å². The van der Waals surface area contributed by atoms with Gasteiger partial charge >= 0.3 is 0 Å². The van der Waals surface area contributed by atoms with Gasteiger partial charge in [0.05, 0.1) is 11.4 Å². The predicted molar refractivity (Wildman–Crippen MR) is 139 cm³/mol. The van der Waals surface area contributed by atoms with Gasteiger partial charge in [-0.1, -0.05) is 24.8 Å². The van der Waals surface area contributed by atoms with Gasteiger partial charge in [-0.2, -0.15) is 0 Å². The molecule has 4 heterocycles. The predicted octanol–water partition coefficient (Wildman–Crippen LogP) is 5.64. The zero-order valence-corrected chi connectivity index (χ0v) is 19.8. The fourth-order valence-corrected chi connectivity index (χ4v) is 5.78. The molecule has 7 rings (SSSR count). The molecule has 0 radical (unpaired) electrons. The highest BCUT2D eigenvalue weighted by atomic mass is 15.2. The lowest BCUT2D eigenvalue weighted by molar-refractivity contribution is 0.296. The molecule has 5 heteroatoms. The normalized spacial score (nSPS) is 21.0. The van der Waals surface area contributed by atoms with Crippen molar-refractivity contribution in [2.75, 3.05) is 13.1 Å². The number of nitrogens with zero attached hydrogens (tertiary/aromatic N) is 4. The maximum atomic E-state index is 6.24. The van der Waals surface area contributed by atoms with Gasteiger partial charge in [-0.3, -0.25) is 0 Å². The summed E-state index contributed by atoms with van der Waals surface area (Å²) >= 11 is 0. The fourth-order valence-electron chi connectivity index (χ4n) is 5.78. The Morgan fingerprint density at radius 1 is 1.06 bits per heavy atom. The van der Waals surface area contributed by atoms with Gasteiger partial charge in [0.2, 0.25) is 0 Å². The van der Waals surface area contributed by atoms with Crippen LogP contribution in [0.2, 0.25) is 0 Å². The van der Waals surface area contributed by atoms with Crippen LogP contribution in [0.15, 0.2) is 55.2 Å². The maximum Gasteiger partial charge on any atom is 0.138 e. The van der Waals surface area contributed by atoms with Crippen LogP contribution in [0.25, 0.3) is 33.6 Å². The Morgan fingerprint density at radius 2 is 1.91 bits per heavy atom. The molecule has 1 aliphatic heterocycles. The van der Waals surface area contributed by atoms with Crippen molar-refractivity contribution in [2.45, 2.75) is 57.0 Å². The number of piperidine rings is 1. The highest BCUT2D eigenvalue weighted by Crippen LogP contribution is 2.46. The van der Waals surface area contributed by atoms with Gasteiger partial charge in [0, 0.05) is 60.0 Å². The van der Waals surface area contributed by atoms with E-state index < -0.39 is 0 Å². The molecule has 1 atom stereocenters. The van der Waals surface area contributed by atoms with E-state index in [1.54, 1.807) is 0 Å². The van der Waals surface area contributed by atoms with E-state index in [0.29, 0.717) is 5.92 Å². The van der Waals surface area contributed by atoms with Gasteiger partial charge in [0.15, 0.2) is 0 Å². The van der Waals surface area contributed by atoms with Gasteiger partial charge in [-0.05, 0) is 68.7 Å². The summed E-state index contributed by atoms with van der Waals surface area (Å²) in [6.45, 7) is 7.45. The molecule has 1 saturated heterocycles. The Kier molecular flexibility index (Phi) is 4.63. The highest BCUT2D eigenvalue weighted by molar-refractivity contribution is 5.87. The summed E-state index contributed by atoms with van der Waals surface area (Å²) in [6.07, 6.45) is 9.65. The minimum atomic E-state index is 0.238. The Balaban J connectivity index is 1.34. The first-order chi connectivity index (χ1) is 16.7. The molecule has 2 saturated carbocycles. The SMILES string of the molecule is C=C(c1ccn2c(C3CC3)c(-c3cc4ccccc4n3CC3CC3)nc2c1)N1CCC[C@@H](N)C1. The first-order valence-electron chi connectivity index (χ1n) is 13.0. The number of fused-ring (bicyclic) bond motifs is 2. The molecule has 0 spiro atoms. The van der Waals surface area contributed by atoms with Crippen molar-refractivity contribution in [1.82, 2.24) is 18.9 Å². The van der Waals surface area contributed by atoms with Crippen LogP contribution in [-0.2, 0) is 6.54 Å². The summed E-state index contributed by atoms with van der Waals surface area (Å²) in [7, 11) is 0. The van der Waals surface area contributed by atoms with Gasteiger partial charge in [-0.15, -0.1) is 0 Å². The molecule has 0 unspecified atom stereocenters. The zero-order valence-electron chi connectivity index (χ0n) is 19.8. The third kappa shape index (κ3) is 3.45. The first kappa shape index (κ1) is 20.3. The van der Waals surface area contributed by atoms with E-state index >= 15 is 0 Å². The Hall–Kier alpha value is -3.05. The Labute approximate surface area is 200 Å². The molecule has 3 aromatic heterocycles. The summed E-state index contributed by atoms with van der Waals surface area (Å²) in [6, 6.07) is 15.8. The van der Waals surface area contributed by atoms with Crippen LogP contribution >= 0.6 is 0 Å². The molecule has 34 heavy (non-hydrogen) atoms. The summed E-state index contributed by atoms with van der Waals surface area (Å²) in [4.78, 5) is 7.64. The van der Waals surface area contributed by atoms with E-state index in [-0.39, 0.29) is 6.04 Å². The first-order valence-corrected chi connectivity index (χ1v) is 13.0. The second-order valence-corrected chi connectivity index (χ2v) is 10.7. The lowest BCUT2D eigenvalue weighted by atomic mass is 10.0. The Bertz CT molecular complexity index is 1400. The maximum absolute atomic E-state index is 6.24. The zero-order chi connectivity index (χ0) is 22.8. The minimum Gasteiger partial charge on any atom is -0.370 e. The second-order valence-electron chi connectivity index (χ2n) is 10.7. The van der Waals surface area contributed by atoms with Crippen LogP contribution < -0.4 is 5.73 Å². The van der Waals surface area contributed by atoms with Gasteiger partial charge in [0.25, 0.3) is 0 Å². The number of para-hydroxylation sites is 1. The van der Waals surface area contributed by atoms with Crippen molar-refractivity contribution in [3.05, 3.63) is 66.5 Å². The van der Waals surface area contributed by atoms with Crippen LogP contribution in [-0.4, -0.2) is 38.0 Å². The second kappa shape index (κ2) is 7.74. The van der Waals surface area contributed by atoms with E-state index in [0.717, 1.165) is 55.3 Å². The number of nitrogens with two attached hydrogens (primary N) is 1. The van der Waals surface area contributed by atoms with Crippen LogP contribution in [0.3, 0.4) is 0 Å². The van der Waals surface area contributed by atoms with E-state index in [1.165, 1.54) is 53.7 Å². The van der Waals surface area contributed by atoms with Crippen molar-refractivity contribution >= 4 is 22.2 Å². The molecule has 4 aromatic rings. The lowest BCUT2D eigenvalue weighted by Gasteiger charge is -2.34. The number of benzene rings is 1. The van der Waals surface area contributed by atoms with Crippen LogP contribution in [0.1, 0.15) is 55.7 Å². The monoisotopic (exact) mass is 451 g/mol. The third-order valence-corrected chi connectivity index (χ3v) is 7.99. The highest BCUT2D eigenvalue weighted by Gasteiger charge is 2.33. The number of imidazole rings is 1. The van der Waals surface area contributed by atoms with Crippen LogP contribution in [0.5, 0.6) is 0 Å². The largest absolute Gasteiger partial charge is 0.370 e. The third-order valence-electron chi connectivity index (χ3n) is 7.99. The van der Waals surface area contributed by atoms with Crippen molar-refractivity contribution in [2.24, 2.45) is 11.7 Å². The molecule has 174 valence electrons. The Morgan fingerprint density at radius 3 is 2.71 bits per heavy atom. The molecule has 0 bridgehead atoms. The molecular formula is C29H33N5. The van der Waals surface area contributed by atoms with Crippen LogP contribution in [0.4, 0.5) is 0 Å². The van der Waals surface area contributed by atoms with Gasteiger partial charge in [-0.25, -0.2) is 4.98 Å². The molecular weight excluding hydrogens is 418 g/mol. The number of rotatable bonds is 6. The molecule has 0 amide bonds. The number of hydrogen-bond donors (Lipinski definition) is 1. The summed E-state index contributed by atoms with van der Waals surface area (Å²) in [5, 5.41) is 1.31. The van der Waals surface area contributed by atoms with E-state index in [4.69, 9.17) is 10.7 Å². The smallest absolute Gasteiger partial charge is 0.138 e. The summed E-state index contributed by atoms with van der Waals surface area (Å²) in [5.74, 6) is 1.41. The van der Waals surface area contributed by atoms with Crippen molar-refractivity contribution < 1.29 is 0 Å². The number of pyridine rings is 1. The molecule has 5 nitrogen and oxygen atoms in total. The van der Waals surface area contributed by atoms with Gasteiger partial charge in [0.1, 0.15) is 11.3 Å². The molecule has 1 aromatic carbocycles. The molecule has 3 fully saturated rings. The van der Waals surface area contributed by atoms with E-state index in [1.807, 2.05) is 0 Å². The number of aromatic nitrogens is 3. The molecule has 3 aliphatic rings. The van der Waals surface area contributed by atoms with Crippen LogP contribution in [0, 0.1) is 5.92 Å². The molecule has 2 aliphatic carbocycles. The fraction of sp³-hybridized carbons (Fsp3) is 0.414. The molecule has 2 N–H and O–H groups in total. The average Bonchev–Trinajstić information content (AvgIpc) is 3.78. The standard InChI is InChI=1S/C29H33N5/c1-19(32-13-4-6-24(30)18-32)22-12-14-33-27(16-22)31-28(29(33)21-10-11-21)26-15-23-5-2-3-7-25(23)34(26)17-20-8-9-20/h2-3,5,7,12,14-16,20-21,24H,1,4,6,8-11,13,17-18,30H2/t24-/m1/s1. The number of likely N-dealkylation sites (tertiary alicyclic amines) is 1. The minimum absolute atomic E-state index is 0.238. The average molecular weight is 452 g/mol. The topological polar surface area (TPSA) is 51.5 Å². The van der Waals surface area contributed by atoms with E-state index in [2.05, 4.69) is 69.1 Å². The summed E-state index contributed by atoms with van der Waals surface area (Å²) in [5.41, 5.74) is 14.7. The quantitative estimate of drug-likeness (QED) is 0.413. The van der Waals surface area contributed by atoms with Gasteiger partial charge < -0.3 is 19.6 Å². The van der Waals surface area contributed by atoms with E-state index in [9.17, 15) is 0 Å². The van der Waals surface area contributed by atoms with Crippen molar-refractivity contribution in [3.63, 3.8) is 0 Å². The lowest BCUT2D eigenvalue weighted by Crippen LogP contribution is -2.41.